The highest BCUT2D eigenvalue weighted by atomic mass is 127. The lowest BCUT2D eigenvalue weighted by molar-refractivity contribution is 0.460. The molecule has 1 nitrogen and oxygen atoms in total. The van der Waals surface area contributed by atoms with Gasteiger partial charge in [-0.3, -0.25) is 0 Å². The molecule has 0 aromatic heterocycles. The van der Waals surface area contributed by atoms with Crippen LogP contribution in [0.4, 0.5) is 0 Å². The van der Waals surface area contributed by atoms with Gasteiger partial charge in [0.15, 0.2) is 3.77 Å². The highest BCUT2D eigenvalue weighted by molar-refractivity contribution is 14.1. The van der Waals surface area contributed by atoms with E-state index in [1.807, 2.05) is 22.6 Å². The summed E-state index contributed by atoms with van der Waals surface area (Å²) in [6, 6.07) is 0. The Bertz CT molecular complexity index is 151. The maximum absolute atomic E-state index is 9.12. The van der Waals surface area contributed by atoms with Crippen LogP contribution >= 0.6 is 45.2 Å². The first-order chi connectivity index (χ1) is 6.18. The summed E-state index contributed by atoms with van der Waals surface area (Å²) in [6.07, 6.45) is 8.95. The van der Waals surface area contributed by atoms with Crippen LogP contribution in [0.1, 0.15) is 51.9 Å². The van der Waals surface area contributed by atoms with Crippen molar-refractivity contribution in [1.29, 1.82) is 0 Å². The highest BCUT2D eigenvalue weighted by Crippen LogP contribution is 2.22. The summed E-state index contributed by atoms with van der Waals surface area (Å²) in [5, 5.41) is 9.12. The molecular formula is C10H18I2O. The molecule has 0 bridgehead atoms. The average Bonchev–Trinajstić information content (AvgIpc) is 2.10. The van der Waals surface area contributed by atoms with Gasteiger partial charge >= 0.3 is 0 Å². The van der Waals surface area contributed by atoms with Gasteiger partial charge in [-0.1, -0.05) is 39.0 Å². The van der Waals surface area contributed by atoms with Crippen LogP contribution in [-0.2, 0) is 0 Å². The number of halogens is 2. The number of hydrogen-bond acceptors (Lipinski definition) is 1. The number of aliphatic hydroxyl groups excluding tert-OH is 1. The van der Waals surface area contributed by atoms with Crippen molar-refractivity contribution in [3.8, 4) is 0 Å². The summed E-state index contributed by atoms with van der Waals surface area (Å²) in [4.78, 5) is 0. The van der Waals surface area contributed by atoms with Crippen LogP contribution in [0.25, 0.3) is 0 Å². The second kappa shape index (κ2) is 9.55. The molecule has 78 valence electrons. The van der Waals surface area contributed by atoms with Crippen LogP contribution in [0.3, 0.4) is 0 Å². The van der Waals surface area contributed by atoms with Crippen molar-refractivity contribution in [3.63, 3.8) is 0 Å². The minimum atomic E-state index is 0.465. The Morgan fingerprint density at radius 1 is 1.00 bits per heavy atom. The molecule has 0 aliphatic rings. The summed E-state index contributed by atoms with van der Waals surface area (Å²) in [5.74, 6) is 0. The summed E-state index contributed by atoms with van der Waals surface area (Å²) in [7, 11) is 0. The number of hydrogen-bond donors (Lipinski definition) is 1. The second-order valence-corrected chi connectivity index (χ2v) is 5.54. The fraction of sp³-hybridized carbons (Fsp3) is 0.800. The van der Waals surface area contributed by atoms with Gasteiger partial charge in [-0.2, -0.15) is 0 Å². The molecule has 0 aliphatic heterocycles. The minimum Gasteiger partial charge on any atom is -0.502 e. The normalized spacial score (nSPS) is 12.8. The van der Waals surface area contributed by atoms with Crippen molar-refractivity contribution in [2.45, 2.75) is 51.9 Å². The van der Waals surface area contributed by atoms with Crippen LogP contribution in [0.5, 0.6) is 0 Å². The molecule has 0 aliphatic carbocycles. The molecule has 0 radical (unpaired) electrons. The van der Waals surface area contributed by atoms with Crippen molar-refractivity contribution in [2.75, 3.05) is 0 Å². The first-order valence-electron chi connectivity index (χ1n) is 4.91. The second-order valence-electron chi connectivity index (χ2n) is 3.21. The smallest absolute Gasteiger partial charge is 0.162 e. The van der Waals surface area contributed by atoms with Crippen molar-refractivity contribution in [3.05, 3.63) is 7.35 Å². The van der Waals surface area contributed by atoms with Gasteiger partial charge in [-0.15, -0.1) is 0 Å². The minimum absolute atomic E-state index is 0.465. The van der Waals surface area contributed by atoms with Gasteiger partial charge in [0.2, 0.25) is 0 Å². The fourth-order valence-electron chi connectivity index (χ4n) is 1.16. The van der Waals surface area contributed by atoms with Crippen LogP contribution in [0, 0.1) is 0 Å². The molecule has 0 saturated carbocycles. The van der Waals surface area contributed by atoms with E-state index in [2.05, 4.69) is 29.5 Å². The topological polar surface area (TPSA) is 20.2 Å². The predicted molar refractivity (Wildman–Crippen MR) is 75.7 cm³/mol. The molecule has 13 heavy (non-hydrogen) atoms. The van der Waals surface area contributed by atoms with Crippen LogP contribution in [0.2, 0.25) is 0 Å². The number of rotatable bonds is 7. The molecule has 0 unspecified atom stereocenters. The van der Waals surface area contributed by atoms with E-state index in [-0.39, 0.29) is 0 Å². The van der Waals surface area contributed by atoms with E-state index >= 15 is 0 Å². The largest absolute Gasteiger partial charge is 0.502 e. The molecule has 3 heteroatoms. The highest BCUT2D eigenvalue weighted by Gasteiger charge is 1.97. The molecule has 0 atom stereocenters. The third kappa shape index (κ3) is 9.31. The van der Waals surface area contributed by atoms with E-state index in [0.29, 0.717) is 3.77 Å². The third-order valence-corrected chi connectivity index (χ3v) is 4.71. The number of aliphatic hydroxyl groups is 1. The molecule has 1 N–H and O–H groups in total. The number of unbranched alkanes of at least 4 members (excludes halogenated alkanes) is 5. The summed E-state index contributed by atoms with van der Waals surface area (Å²) in [6.45, 7) is 2.24. The van der Waals surface area contributed by atoms with Gasteiger partial charge < -0.3 is 5.11 Å². The zero-order chi connectivity index (χ0) is 10.1. The standard InChI is InChI=1S/C10H18I2O/c1-2-3-4-5-6-7-8-9(11)10(12)13/h13H,2-8H2,1H3. The Kier molecular flexibility index (Phi) is 10.3. The molecule has 0 aromatic rings. The number of allylic oxidation sites excluding steroid dienone is 1. The Labute approximate surface area is 109 Å². The summed E-state index contributed by atoms with van der Waals surface area (Å²) in [5.41, 5.74) is 0. The molecule has 0 amide bonds. The van der Waals surface area contributed by atoms with E-state index in [0.717, 1.165) is 10.0 Å². The molecular weight excluding hydrogens is 390 g/mol. The lowest BCUT2D eigenvalue weighted by Gasteiger charge is -2.00. The Morgan fingerprint density at radius 2 is 1.54 bits per heavy atom. The zero-order valence-corrected chi connectivity index (χ0v) is 12.5. The lowest BCUT2D eigenvalue weighted by atomic mass is 10.1. The van der Waals surface area contributed by atoms with Crippen molar-refractivity contribution < 1.29 is 5.11 Å². The monoisotopic (exact) mass is 408 g/mol. The van der Waals surface area contributed by atoms with Gasteiger partial charge in [-0.05, 0) is 58.0 Å². The molecule has 0 rings (SSSR count). The van der Waals surface area contributed by atoms with Crippen LogP contribution in [-0.4, -0.2) is 5.11 Å². The maximum atomic E-state index is 9.12. The van der Waals surface area contributed by atoms with Gasteiger partial charge in [0.05, 0.1) is 0 Å². The van der Waals surface area contributed by atoms with Crippen molar-refractivity contribution >= 4 is 45.2 Å². The maximum Gasteiger partial charge on any atom is 0.162 e. The van der Waals surface area contributed by atoms with E-state index in [1.165, 1.54) is 38.5 Å². The van der Waals surface area contributed by atoms with Gasteiger partial charge in [0.1, 0.15) is 0 Å². The van der Waals surface area contributed by atoms with Gasteiger partial charge in [0.25, 0.3) is 0 Å². The Morgan fingerprint density at radius 3 is 2.08 bits per heavy atom. The zero-order valence-electron chi connectivity index (χ0n) is 8.15. The predicted octanol–water partition coefficient (Wildman–Crippen LogP) is 5.33. The molecule has 0 fully saturated rings. The van der Waals surface area contributed by atoms with E-state index in [1.54, 1.807) is 0 Å². The van der Waals surface area contributed by atoms with Crippen molar-refractivity contribution in [1.82, 2.24) is 0 Å². The Hall–Kier alpha value is 1.00. The van der Waals surface area contributed by atoms with E-state index in [9.17, 15) is 0 Å². The molecule has 0 saturated heterocycles. The lowest BCUT2D eigenvalue weighted by Crippen LogP contribution is -1.81. The molecule has 0 spiro atoms. The SMILES string of the molecule is CCCCCCCCC(I)=C(O)I. The molecule has 0 aromatic carbocycles. The summed E-state index contributed by atoms with van der Waals surface area (Å²) < 4.78 is 1.57. The van der Waals surface area contributed by atoms with Gasteiger partial charge in [0, 0.05) is 3.58 Å². The quantitative estimate of drug-likeness (QED) is 0.343. The van der Waals surface area contributed by atoms with Crippen LogP contribution in [0.15, 0.2) is 7.35 Å². The first-order valence-corrected chi connectivity index (χ1v) is 7.07. The van der Waals surface area contributed by atoms with Crippen molar-refractivity contribution in [2.24, 2.45) is 0 Å². The fourth-order valence-corrected chi connectivity index (χ4v) is 1.81. The Balaban J connectivity index is 3.22. The third-order valence-electron chi connectivity index (χ3n) is 1.97. The van der Waals surface area contributed by atoms with Gasteiger partial charge in [-0.25, -0.2) is 0 Å². The molecule has 0 heterocycles. The first kappa shape index (κ1) is 14.0. The summed E-state index contributed by atoms with van der Waals surface area (Å²) >= 11 is 4.19. The van der Waals surface area contributed by atoms with Crippen LogP contribution < -0.4 is 0 Å². The average molecular weight is 408 g/mol. The van der Waals surface area contributed by atoms with E-state index < -0.39 is 0 Å². The van der Waals surface area contributed by atoms with E-state index in [4.69, 9.17) is 5.11 Å².